The molecule has 142 valence electrons. The fourth-order valence-corrected chi connectivity index (χ4v) is 3.36. The number of rotatable bonds is 7. The Kier molecular flexibility index (Phi) is 6.87. The summed E-state index contributed by atoms with van der Waals surface area (Å²) in [5.74, 6) is 0.669. The average molecular weight is 468 g/mol. The van der Waals surface area contributed by atoms with Crippen molar-refractivity contribution in [2.45, 2.75) is 26.4 Å². The van der Waals surface area contributed by atoms with Crippen molar-refractivity contribution in [1.82, 2.24) is 24.9 Å². The maximum atomic E-state index is 6.22. The molecule has 0 bridgehead atoms. The van der Waals surface area contributed by atoms with E-state index >= 15 is 0 Å². The van der Waals surface area contributed by atoms with Gasteiger partial charge in [-0.25, -0.2) is 0 Å². The van der Waals surface area contributed by atoms with Crippen molar-refractivity contribution in [2.75, 3.05) is 11.9 Å². The zero-order valence-corrected chi connectivity index (χ0v) is 18.0. The number of aromatic nitrogens is 4. The summed E-state index contributed by atoms with van der Waals surface area (Å²) in [4.78, 5) is 0. The predicted molar refractivity (Wildman–Crippen MR) is 116 cm³/mol. The van der Waals surface area contributed by atoms with Crippen LogP contribution in [0.3, 0.4) is 0 Å². The van der Waals surface area contributed by atoms with Crippen molar-refractivity contribution in [3.05, 3.63) is 63.5 Å². The molecule has 0 spiro atoms. The highest BCUT2D eigenvalue weighted by atomic mass is 79.9. The van der Waals surface area contributed by atoms with E-state index in [2.05, 4.69) is 36.8 Å². The van der Waals surface area contributed by atoms with Crippen molar-refractivity contribution < 1.29 is 0 Å². The SMILES string of the molecule is Cc1ccn(CCCNC(=S)Nc2nn(Cc3ccccc3Cl)cc2Br)n1. The molecule has 3 rings (SSSR count). The molecule has 0 aliphatic heterocycles. The van der Waals surface area contributed by atoms with Crippen LogP contribution >= 0.6 is 39.7 Å². The molecule has 0 unspecified atom stereocenters. The van der Waals surface area contributed by atoms with Crippen molar-refractivity contribution >= 4 is 50.7 Å². The lowest BCUT2D eigenvalue weighted by molar-refractivity contribution is 0.570. The zero-order valence-electron chi connectivity index (χ0n) is 14.8. The van der Waals surface area contributed by atoms with Crippen molar-refractivity contribution in [3.8, 4) is 0 Å². The van der Waals surface area contributed by atoms with Crippen LogP contribution in [-0.2, 0) is 13.1 Å². The summed E-state index contributed by atoms with van der Waals surface area (Å²) < 4.78 is 4.59. The summed E-state index contributed by atoms with van der Waals surface area (Å²) >= 11 is 15.1. The van der Waals surface area contributed by atoms with Crippen LogP contribution in [0.15, 0.2) is 47.2 Å². The molecule has 0 atom stereocenters. The standard InChI is InChI=1S/C18H20BrClN6S/c1-13-7-10-25(23-13)9-4-8-21-18(27)22-17-15(19)12-26(24-17)11-14-5-2-3-6-16(14)20/h2-3,5-7,10,12H,4,8-9,11H2,1H3,(H2,21,22,24,27). The maximum Gasteiger partial charge on any atom is 0.172 e. The van der Waals surface area contributed by atoms with Crippen LogP contribution in [0, 0.1) is 6.92 Å². The highest BCUT2D eigenvalue weighted by Gasteiger charge is 2.09. The lowest BCUT2D eigenvalue weighted by Gasteiger charge is -2.09. The first-order chi connectivity index (χ1) is 13.0. The van der Waals surface area contributed by atoms with Crippen LogP contribution in [0.4, 0.5) is 5.82 Å². The number of aryl methyl sites for hydroxylation is 2. The summed E-state index contributed by atoms with van der Waals surface area (Å²) in [6.07, 6.45) is 4.80. The van der Waals surface area contributed by atoms with Gasteiger partial charge in [0.1, 0.15) is 0 Å². The molecule has 0 amide bonds. The molecule has 2 aromatic heterocycles. The molecule has 6 nitrogen and oxygen atoms in total. The minimum Gasteiger partial charge on any atom is -0.362 e. The van der Waals surface area contributed by atoms with Crippen LogP contribution < -0.4 is 10.6 Å². The van der Waals surface area contributed by atoms with E-state index in [0.29, 0.717) is 17.5 Å². The van der Waals surface area contributed by atoms with Gasteiger partial charge in [-0.2, -0.15) is 10.2 Å². The summed E-state index contributed by atoms with van der Waals surface area (Å²) in [6.45, 7) is 4.17. The largest absolute Gasteiger partial charge is 0.362 e. The van der Waals surface area contributed by atoms with Crippen molar-refractivity contribution in [1.29, 1.82) is 0 Å². The fraction of sp³-hybridized carbons (Fsp3) is 0.278. The molecular formula is C18H20BrClN6S. The van der Waals surface area contributed by atoms with Gasteiger partial charge >= 0.3 is 0 Å². The van der Waals surface area contributed by atoms with E-state index in [4.69, 9.17) is 23.8 Å². The van der Waals surface area contributed by atoms with Gasteiger partial charge in [0, 0.05) is 30.5 Å². The molecule has 3 aromatic rings. The monoisotopic (exact) mass is 466 g/mol. The summed E-state index contributed by atoms with van der Waals surface area (Å²) in [7, 11) is 0. The number of hydrogen-bond donors (Lipinski definition) is 2. The van der Waals surface area contributed by atoms with Crippen LogP contribution in [0.25, 0.3) is 0 Å². The van der Waals surface area contributed by atoms with Gasteiger partial charge in [-0.3, -0.25) is 9.36 Å². The van der Waals surface area contributed by atoms with Crippen molar-refractivity contribution in [3.63, 3.8) is 0 Å². The van der Waals surface area contributed by atoms with Gasteiger partial charge in [0.25, 0.3) is 0 Å². The number of nitrogens with one attached hydrogen (secondary N) is 2. The fourth-order valence-electron chi connectivity index (χ4n) is 2.55. The van der Waals surface area contributed by atoms with Gasteiger partial charge in [-0.05, 0) is 59.2 Å². The van der Waals surface area contributed by atoms with Gasteiger partial charge in [-0.1, -0.05) is 29.8 Å². The Morgan fingerprint density at radius 1 is 1.22 bits per heavy atom. The first-order valence-corrected chi connectivity index (χ1v) is 10.1. The number of benzene rings is 1. The first-order valence-electron chi connectivity index (χ1n) is 8.52. The number of anilines is 1. The van der Waals surface area contributed by atoms with E-state index in [1.165, 1.54) is 0 Å². The second-order valence-corrected chi connectivity index (χ2v) is 7.74. The van der Waals surface area contributed by atoms with Crippen LogP contribution in [0.5, 0.6) is 0 Å². The lowest BCUT2D eigenvalue weighted by atomic mass is 10.2. The molecule has 2 N–H and O–H groups in total. The molecule has 0 aliphatic rings. The Morgan fingerprint density at radius 3 is 2.78 bits per heavy atom. The van der Waals surface area contributed by atoms with Gasteiger partial charge in [0.15, 0.2) is 10.9 Å². The van der Waals surface area contributed by atoms with Crippen LogP contribution in [-0.4, -0.2) is 31.2 Å². The third-order valence-electron chi connectivity index (χ3n) is 3.86. The highest BCUT2D eigenvalue weighted by Crippen LogP contribution is 2.22. The molecular weight excluding hydrogens is 448 g/mol. The second-order valence-electron chi connectivity index (χ2n) is 6.07. The molecule has 9 heteroatoms. The van der Waals surface area contributed by atoms with Gasteiger partial charge in [0.05, 0.1) is 16.7 Å². The first kappa shape index (κ1) is 19.9. The number of halogens is 2. The molecule has 0 radical (unpaired) electrons. The van der Waals surface area contributed by atoms with E-state index < -0.39 is 0 Å². The molecule has 0 fully saturated rings. The average Bonchev–Trinajstić information content (AvgIpc) is 3.19. The molecule has 0 aliphatic carbocycles. The van der Waals surface area contributed by atoms with Crippen LogP contribution in [0.1, 0.15) is 17.7 Å². The van der Waals surface area contributed by atoms with Gasteiger partial charge in [-0.15, -0.1) is 0 Å². The van der Waals surface area contributed by atoms with E-state index in [1.54, 1.807) is 0 Å². The normalized spacial score (nSPS) is 10.8. The molecule has 0 saturated heterocycles. The Balaban J connectivity index is 1.47. The van der Waals surface area contributed by atoms with Crippen LogP contribution in [0.2, 0.25) is 5.02 Å². The topological polar surface area (TPSA) is 59.7 Å². The molecule has 1 aromatic carbocycles. The second kappa shape index (κ2) is 9.34. The number of nitrogens with zero attached hydrogens (tertiary/aromatic N) is 4. The van der Waals surface area contributed by atoms with Gasteiger partial charge in [0.2, 0.25) is 0 Å². The summed E-state index contributed by atoms with van der Waals surface area (Å²) in [6, 6.07) is 9.73. The molecule has 2 heterocycles. The summed E-state index contributed by atoms with van der Waals surface area (Å²) in [5.41, 5.74) is 2.03. The Bertz CT molecular complexity index is 922. The van der Waals surface area contributed by atoms with Gasteiger partial charge < -0.3 is 10.6 Å². The quantitative estimate of drug-likeness (QED) is 0.402. The molecule has 27 heavy (non-hydrogen) atoms. The lowest BCUT2D eigenvalue weighted by Crippen LogP contribution is -2.30. The maximum absolute atomic E-state index is 6.22. The number of hydrogen-bond acceptors (Lipinski definition) is 3. The molecule has 0 saturated carbocycles. The van der Waals surface area contributed by atoms with Crippen molar-refractivity contribution in [2.24, 2.45) is 0 Å². The minimum absolute atomic E-state index is 0.537. The van der Waals surface area contributed by atoms with E-state index in [1.807, 2.05) is 59.0 Å². The van der Waals surface area contributed by atoms with E-state index in [9.17, 15) is 0 Å². The Morgan fingerprint density at radius 2 is 2.04 bits per heavy atom. The third-order valence-corrected chi connectivity index (χ3v) is 5.06. The Hall–Kier alpha value is -1.90. The third kappa shape index (κ3) is 5.79. The number of thiocarbonyl (C=S) groups is 1. The predicted octanol–water partition coefficient (Wildman–Crippen LogP) is 4.23. The van der Waals surface area contributed by atoms with E-state index in [0.717, 1.165) is 40.3 Å². The zero-order chi connectivity index (χ0) is 19.2. The summed E-state index contributed by atoms with van der Waals surface area (Å²) in [5, 5.41) is 16.5. The highest BCUT2D eigenvalue weighted by molar-refractivity contribution is 9.10. The Labute approximate surface area is 177 Å². The smallest absolute Gasteiger partial charge is 0.172 e. The minimum atomic E-state index is 0.537. The van der Waals surface area contributed by atoms with E-state index in [-0.39, 0.29) is 0 Å².